The summed E-state index contributed by atoms with van der Waals surface area (Å²) < 4.78 is 31.4. The fourth-order valence-corrected chi connectivity index (χ4v) is 3.16. The molecule has 1 atom stereocenters. The zero-order valence-corrected chi connectivity index (χ0v) is 15.6. The van der Waals surface area contributed by atoms with Gasteiger partial charge in [-0.3, -0.25) is 0 Å². The van der Waals surface area contributed by atoms with Crippen LogP contribution in [0.3, 0.4) is 0 Å². The average Bonchev–Trinajstić information content (AvgIpc) is 2.17. The monoisotopic (exact) mass is 334 g/mol. The lowest BCUT2D eigenvalue weighted by Crippen LogP contribution is -2.53. The van der Waals surface area contributed by atoms with E-state index in [1.807, 2.05) is 27.7 Å². The number of amides is 1. The minimum absolute atomic E-state index is 0.144. The van der Waals surface area contributed by atoms with E-state index in [1.54, 1.807) is 25.7 Å². The van der Waals surface area contributed by atoms with Crippen molar-refractivity contribution in [2.45, 2.75) is 71.3 Å². The van der Waals surface area contributed by atoms with E-state index in [2.05, 4.69) is 4.72 Å². The van der Waals surface area contributed by atoms with E-state index in [9.17, 15) is 13.2 Å². The largest absolute Gasteiger partial charge is 0.444 e. The number of sulfonamides is 1. The Labute approximate surface area is 134 Å². The Morgan fingerprint density at radius 2 is 1.73 bits per heavy atom. The number of carbonyl (C=O) groups excluding carboxylic acids is 1. The maximum Gasteiger partial charge on any atom is 0.410 e. The van der Waals surface area contributed by atoms with Gasteiger partial charge in [0.05, 0.1) is 4.75 Å². The summed E-state index contributed by atoms with van der Waals surface area (Å²) in [4.78, 5) is 13.5. The molecule has 0 aromatic carbocycles. The van der Waals surface area contributed by atoms with Crippen LogP contribution < -0.4 is 4.72 Å². The van der Waals surface area contributed by atoms with Crippen LogP contribution in [0.4, 0.5) is 4.79 Å². The summed E-state index contributed by atoms with van der Waals surface area (Å²) in [5.74, 6) is 0.310. The first-order valence-electron chi connectivity index (χ1n) is 7.71. The topological polar surface area (TPSA) is 75.7 Å². The van der Waals surface area contributed by atoms with Crippen LogP contribution in [0.2, 0.25) is 0 Å². The van der Waals surface area contributed by atoms with E-state index < -0.39 is 20.4 Å². The number of nitrogens with one attached hydrogen (secondary N) is 1. The summed E-state index contributed by atoms with van der Waals surface area (Å²) in [6, 6.07) is -0.144. The molecule has 0 bridgehead atoms. The normalized spacial score (nSPS) is 18.8. The lowest BCUT2D eigenvalue weighted by atomic mass is 9.94. The number of hydrogen-bond acceptors (Lipinski definition) is 4. The molecule has 1 N–H and O–H groups in total. The predicted molar refractivity (Wildman–Crippen MR) is 87.2 cm³/mol. The van der Waals surface area contributed by atoms with Gasteiger partial charge in [0.1, 0.15) is 5.60 Å². The highest BCUT2D eigenvalue weighted by Crippen LogP contribution is 2.24. The molecule has 7 heteroatoms. The third kappa shape index (κ3) is 5.43. The molecule has 22 heavy (non-hydrogen) atoms. The molecule has 0 spiro atoms. The number of ether oxygens (including phenoxy) is 1. The summed E-state index contributed by atoms with van der Waals surface area (Å²) in [5, 5.41) is 0. The summed E-state index contributed by atoms with van der Waals surface area (Å²) in [6.45, 7) is 13.6. The molecule has 1 fully saturated rings. The molecule has 0 aliphatic carbocycles. The van der Waals surface area contributed by atoms with E-state index in [1.165, 1.54) is 0 Å². The van der Waals surface area contributed by atoms with Crippen LogP contribution in [0.15, 0.2) is 0 Å². The molecule has 1 heterocycles. The first kappa shape index (κ1) is 19.2. The third-order valence-electron chi connectivity index (χ3n) is 3.46. The molecule has 0 unspecified atom stereocenters. The summed E-state index contributed by atoms with van der Waals surface area (Å²) in [5.41, 5.74) is -0.488. The van der Waals surface area contributed by atoms with E-state index in [0.717, 1.165) is 0 Å². The van der Waals surface area contributed by atoms with Gasteiger partial charge in [0, 0.05) is 19.1 Å². The molecular weight excluding hydrogens is 304 g/mol. The van der Waals surface area contributed by atoms with Crippen molar-refractivity contribution >= 4 is 16.1 Å². The van der Waals surface area contributed by atoms with Crippen molar-refractivity contribution < 1.29 is 17.9 Å². The number of hydrogen-bond donors (Lipinski definition) is 1. The molecule has 1 aliphatic heterocycles. The molecule has 6 nitrogen and oxygen atoms in total. The SMILES string of the molecule is C[C@@H](CC1CN(C(=O)OC(C)(C)C)C1)NS(=O)(=O)C(C)(C)C. The first-order chi connectivity index (χ1) is 9.71. The fourth-order valence-electron chi connectivity index (χ4n) is 2.18. The zero-order valence-electron chi connectivity index (χ0n) is 14.8. The number of carbonyl (C=O) groups is 1. The summed E-state index contributed by atoms with van der Waals surface area (Å²) >= 11 is 0. The third-order valence-corrected chi connectivity index (χ3v) is 5.78. The second-order valence-corrected chi connectivity index (χ2v) is 10.6. The molecule has 0 aromatic rings. The molecule has 130 valence electrons. The van der Waals surface area contributed by atoms with Gasteiger partial charge in [-0.05, 0) is 60.8 Å². The standard InChI is InChI=1S/C15H30N2O4S/c1-11(16-22(19,20)15(5,6)7)8-12-9-17(10-12)13(18)21-14(2,3)4/h11-12,16H,8-10H2,1-7H3/t11-/m0/s1. The van der Waals surface area contributed by atoms with Gasteiger partial charge in [-0.2, -0.15) is 0 Å². The quantitative estimate of drug-likeness (QED) is 0.856. The maximum atomic E-state index is 12.1. The molecule has 1 aliphatic rings. The van der Waals surface area contributed by atoms with E-state index in [4.69, 9.17) is 4.74 Å². The van der Waals surface area contributed by atoms with Gasteiger partial charge in [-0.25, -0.2) is 17.9 Å². The van der Waals surface area contributed by atoms with Crippen LogP contribution in [0.25, 0.3) is 0 Å². The number of rotatable bonds is 4. The predicted octanol–water partition coefficient (Wildman–Crippen LogP) is 2.35. The van der Waals surface area contributed by atoms with Gasteiger partial charge in [-0.15, -0.1) is 0 Å². The van der Waals surface area contributed by atoms with Gasteiger partial charge < -0.3 is 9.64 Å². The van der Waals surface area contributed by atoms with Crippen LogP contribution in [0.1, 0.15) is 54.9 Å². The minimum Gasteiger partial charge on any atom is -0.444 e. The molecule has 1 saturated heterocycles. The highest BCUT2D eigenvalue weighted by Gasteiger charge is 2.36. The van der Waals surface area contributed by atoms with Crippen molar-refractivity contribution in [2.24, 2.45) is 5.92 Å². The van der Waals surface area contributed by atoms with Crippen molar-refractivity contribution in [1.82, 2.24) is 9.62 Å². The minimum atomic E-state index is -3.34. The molecule has 0 radical (unpaired) electrons. The van der Waals surface area contributed by atoms with Gasteiger partial charge in [0.25, 0.3) is 0 Å². The lowest BCUT2D eigenvalue weighted by Gasteiger charge is -2.41. The van der Waals surface area contributed by atoms with Crippen LogP contribution >= 0.6 is 0 Å². The second kappa shape index (κ2) is 6.35. The van der Waals surface area contributed by atoms with Crippen molar-refractivity contribution in [2.75, 3.05) is 13.1 Å². The average molecular weight is 334 g/mol. The van der Waals surface area contributed by atoms with Crippen LogP contribution in [-0.4, -0.2) is 48.9 Å². The molecule has 0 aromatic heterocycles. The Bertz CT molecular complexity index is 497. The van der Waals surface area contributed by atoms with Gasteiger partial charge in [0.15, 0.2) is 0 Å². The van der Waals surface area contributed by atoms with Gasteiger partial charge >= 0.3 is 6.09 Å². The highest BCUT2D eigenvalue weighted by molar-refractivity contribution is 7.90. The van der Waals surface area contributed by atoms with Crippen molar-refractivity contribution in [3.05, 3.63) is 0 Å². The first-order valence-corrected chi connectivity index (χ1v) is 9.19. The van der Waals surface area contributed by atoms with Crippen molar-refractivity contribution in [3.63, 3.8) is 0 Å². The smallest absolute Gasteiger partial charge is 0.410 e. The Balaban J connectivity index is 2.39. The molecule has 1 rings (SSSR count). The van der Waals surface area contributed by atoms with E-state index in [-0.39, 0.29) is 12.1 Å². The molecule has 1 amide bonds. The summed E-state index contributed by atoms with van der Waals surface area (Å²) in [6.07, 6.45) is 0.417. The van der Waals surface area contributed by atoms with Gasteiger partial charge in [0.2, 0.25) is 10.0 Å². The number of likely N-dealkylation sites (tertiary alicyclic amines) is 1. The Morgan fingerprint density at radius 1 is 1.23 bits per heavy atom. The van der Waals surface area contributed by atoms with E-state index >= 15 is 0 Å². The van der Waals surface area contributed by atoms with Crippen LogP contribution in [0.5, 0.6) is 0 Å². The van der Waals surface area contributed by atoms with Crippen molar-refractivity contribution in [1.29, 1.82) is 0 Å². The van der Waals surface area contributed by atoms with Gasteiger partial charge in [-0.1, -0.05) is 0 Å². The number of nitrogens with zero attached hydrogens (tertiary/aromatic N) is 1. The van der Waals surface area contributed by atoms with E-state index in [0.29, 0.717) is 25.4 Å². The molecular formula is C15H30N2O4S. The van der Waals surface area contributed by atoms with Crippen LogP contribution in [0, 0.1) is 5.92 Å². The highest BCUT2D eigenvalue weighted by atomic mass is 32.2. The second-order valence-electron chi connectivity index (χ2n) is 8.12. The summed E-state index contributed by atoms with van der Waals surface area (Å²) in [7, 11) is -3.34. The molecule has 0 saturated carbocycles. The Kier molecular flexibility index (Phi) is 5.55. The lowest BCUT2D eigenvalue weighted by molar-refractivity contribution is -0.00302. The van der Waals surface area contributed by atoms with Crippen molar-refractivity contribution in [3.8, 4) is 0 Å². The van der Waals surface area contributed by atoms with Crippen LogP contribution in [-0.2, 0) is 14.8 Å². The Morgan fingerprint density at radius 3 is 2.14 bits per heavy atom. The fraction of sp³-hybridized carbons (Fsp3) is 0.933. The Hall–Kier alpha value is -0.820. The maximum absolute atomic E-state index is 12.1. The zero-order chi connectivity index (χ0) is 17.3.